The standard InChI is InChI=1S/C25H41N3OS/c1-18-9-13-21(14-10-18)28(24(29)27-23-8-6-7-19(2)30-23)22-15-11-20(12-16-22)25(3,4)17-26-5/h7-8,17-18,20-22H,6,9-16H2,1-5H3,(H,27,29). The van der Waals surface area contributed by atoms with Crippen LogP contribution in [0.3, 0.4) is 0 Å². The Labute approximate surface area is 188 Å². The predicted molar refractivity (Wildman–Crippen MR) is 130 cm³/mol. The molecule has 30 heavy (non-hydrogen) atoms. The maximum Gasteiger partial charge on any atom is 0.322 e. The lowest BCUT2D eigenvalue weighted by molar-refractivity contribution is 0.0793. The molecule has 0 aromatic carbocycles. The number of aliphatic imine (C=N–C) groups is 1. The zero-order valence-electron chi connectivity index (χ0n) is 19.6. The normalized spacial score (nSPS) is 30.6. The first-order valence-electron chi connectivity index (χ1n) is 11.9. The molecule has 0 radical (unpaired) electrons. The van der Waals surface area contributed by atoms with Gasteiger partial charge >= 0.3 is 6.03 Å². The zero-order valence-corrected chi connectivity index (χ0v) is 20.4. The Hall–Kier alpha value is -1.23. The summed E-state index contributed by atoms with van der Waals surface area (Å²) in [5.41, 5.74) is 0.139. The summed E-state index contributed by atoms with van der Waals surface area (Å²) in [5.74, 6) is 1.44. The molecular weight excluding hydrogens is 390 g/mol. The maximum atomic E-state index is 13.5. The number of hydrogen-bond donors (Lipinski definition) is 1. The van der Waals surface area contributed by atoms with E-state index in [-0.39, 0.29) is 11.4 Å². The fourth-order valence-electron chi connectivity index (χ4n) is 5.52. The third kappa shape index (κ3) is 5.93. The molecule has 1 N–H and O–H groups in total. The van der Waals surface area contributed by atoms with Gasteiger partial charge in [0.1, 0.15) is 0 Å². The molecule has 0 unspecified atom stereocenters. The lowest BCUT2D eigenvalue weighted by Gasteiger charge is -2.45. The summed E-state index contributed by atoms with van der Waals surface area (Å²) in [6.45, 7) is 9.08. The highest BCUT2D eigenvalue weighted by Gasteiger charge is 2.38. The Kier molecular flexibility index (Phi) is 8.11. The highest BCUT2D eigenvalue weighted by molar-refractivity contribution is 8.06. The van der Waals surface area contributed by atoms with Gasteiger partial charge in [0.05, 0.1) is 5.03 Å². The van der Waals surface area contributed by atoms with Crippen molar-refractivity contribution in [2.45, 2.75) is 97.6 Å². The number of carbonyl (C=O) groups is 1. The number of thioether (sulfide) groups is 1. The molecular formula is C25H41N3OS. The van der Waals surface area contributed by atoms with Crippen molar-refractivity contribution in [1.29, 1.82) is 0 Å². The highest BCUT2D eigenvalue weighted by atomic mass is 32.2. The van der Waals surface area contributed by atoms with Crippen molar-refractivity contribution in [3.8, 4) is 0 Å². The monoisotopic (exact) mass is 431 g/mol. The molecule has 1 heterocycles. The first-order valence-corrected chi connectivity index (χ1v) is 12.7. The molecule has 0 spiro atoms. The second-order valence-corrected chi connectivity index (χ2v) is 11.5. The van der Waals surface area contributed by atoms with E-state index in [1.807, 2.05) is 7.05 Å². The molecule has 3 aliphatic rings. The molecule has 168 valence electrons. The number of nitrogens with one attached hydrogen (secondary N) is 1. The van der Waals surface area contributed by atoms with Crippen LogP contribution in [0.1, 0.15) is 85.5 Å². The minimum Gasteiger partial charge on any atom is -0.319 e. The smallest absolute Gasteiger partial charge is 0.319 e. The van der Waals surface area contributed by atoms with Gasteiger partial charge in [-0.1, -0.05) is 38.6 Å². The van der Waals surface area contributed by atoms with Crippen LogP contribution in [0.4, 0.5) is 4.79 Å². The molecule has 2 amide bonds. The van der Waals surface area contributed by atoms with Gasteiger partial charge in [-0.3, -0.25) is 0 Å². The molecule has 5 heteroatoms. The third-order valence-corrected chi connectivity index (χ3v) is 8.40. The molecule has 2 fully saturated rings. The Morgan fingerprint density at radius 2 is 1.70 bits per heavy atom. The van der Waals surface area contributed by atoms with Crippen LogP contribution in [0, 0.1) is 17.3 Å². The van der Waals surface area contributed by atoms with Crippen molar-refractivity contribution in [3.63, 3.8) is 0 Å². The van der Waals surface area contributed by atoms with E-state index in [2.05, 4.69) is 61.3 Å². The van der Waals surface area contributed by atoms with Crippen molar-refractivity contribution < 1.29 is 4.79 Å². The van der Waals surface area contributed by atoms with Gasteiger partial charge in [0.25, 0.3) is 0 Å². The van der Waals surface area contributed by atoms with Crippen LogP contribution in [-0.2, 0) is 0 Å². The quantitative estimate of drug-likeness (QED) is 0.490. The molecule has 0 atom stereocenters. The third-order valence-electron chi connectivity index (χ3n) is 7.43. The number of nitrogens with zero attached hydrogens (tertiary/aromatic N) is 2. The lowest BCUT2D eigenvalue weighted by atomic mass is 9.70. The largest absolute Gasteiger partial charge is 0.322 e. The van der Waals surface area contributed by atoms with Gasteiger partial charge in [-0.2, -0.15) is 0 Å². The van der Waals surface area contributed by atoms with Crippen LogP contribution in [0.5, 0.6) is 0 Å². The second-order valence-electron chi connectivity index (χ2n) is 10.2. The van der Waals surface area contributed by atoms with E-state index in [0.717, 1.165) is 43.1 Å². The van der Waals surface area contributed by atoms with Crippen LogP contribution >= 0.6 is 11.8 Å². The summed E-state index contributed by atoms with van der Waals surface area (Å²) < 4.78 is 0. The number of amides is 2. The fourth-order valence-corrected chi connectivity index (χ4v) is 6.37. The van der Waals surface area contributed by atoms with E-state index in [4.69, 9.17) is 0 Å². The molecule has 3 rings (SSSR count). The van der Waals surface area contributed by atoms with Crippen LogP contribution < -0.4 is 5.32 Å². The summed E-state index contributed by atoms with van der Waals surface area (Å²) in [7, 11) is 1.87. The summed E-state index contributed by atoms with van der Waals surface area (Å²) in [4.78, 5) is 21.3. The number of urea groups is 1. The van der Waals surface area contributed by atoms with E-state index in [0.29, 0.717) is 18.0 Å². The molecule has 0 bridgehead atoms. The number of allylic oxidation sites excluding steroid dienone is 3. The summed E-state index contributed by atoms with van der Waals surface area (Å²) in [6.07, 6.45) is 16.7. The maximum absolute atomic E-state index is 13.5. The zero-order chi connectivity index (χ0) is 21.7. The van der Waals surface area contributed by atoms with Crippen LogP contribution in [0.15, 0.2) is 27.1 Å². The number of carbonyl (C=O) groups excluding carboxylic acids is 1. The van der Waals surface area contributed by atoms with Crippen LogP contribution in [0.2, 0.25) is 0 Å². The van der Waals surface area contributed by atoms with Gasteiger partial charge in [0.2, 0.25) is 0 Å². The van der Waals surface area contributed by atoms with E-state index >= 15 is 0 Å². The van der Waals surface area contributed by atoms with E-state index in [9.17, 15) is 4.79 Å². The van der Waals surface area contributed by atoms with Crippen LogP contribution in [0.25, 0.3) is 0 Å². The SMILES string of the molecule is CN=CC(C)(C)C1CCC(N(C(=O)NC2=CCC=C(C)S2)C2CCC(C)CC2)CC1. The van der Waals surface area contributed by atoms with E-state index in [1.165, 1.54) is 30.6 Å². The molecule has 4 nitrogen and oxygen atoms in total. The Morgan fingerprint density at radius 1 is 1.10 bits per heavy atom. The van der Waals surface area contributed by atoms with Crippen molar-refractivity contribution in [3.05, 3.63) is 22.1 Å². The first kappa shape index (κ1) is 23.4. The summed E-state index contributed by atoms with van der Waals surface area (Å²) in [6, 6.07) is 0.875. The van der Waals surface area contributed by atoms with E-state index < -0.39 is 0 Å². The summed E-state index contributed by atoms with van der Waals surface area (Å²) >= 11 is 1.68. The Bertz CT molecular complexity index is 681. The molecule has 0 saturated heterocycles. The average Bonchev–Trinajstić information content (AvgIpc) is 2.70. The fraction of sp³-hybridized carbons (Fsp3) is 0.760. The molecule has 1 aliphatic heterocycles. The second kappa shape index (κ2) is 10.4. The van der Waals surface area contributed by atoms with Gasteiger partial charge < -0.3 is 15.2 Å². The first-order chi connectivity index (χ1) is 14.3. The van der Waals surface area contributed by atoms with Crippen molar-refractivity contribution in [1.82, 2.24) is 10.2 Å². The lowest BCUT2D eigenvalue weighted by Crippen LogP contribution is -2.53. The van der Waals surface area contributed by atoms with Crippen molar-refractivity contribution in [2.24, 2.45) is 22.2 Å². The van der Waals surface area contributed by atoms with Crippen LogP contribution in [-0.4, -0.2) is 36.3 Å². The number of hydrogen-bond acceptors (Lipinski definition) is 3. The van der Waals surface area contributed by atoms with Gasteiger partial charge in [0, 0.05) is 30.8 Å². The highest BCUT2D eigenvalue weighted by Crippen LogP contribution is 2.40. The van der Waals surface area contributed by atoms with Gasteiger partial charge in [-0.15, -0.1) is 0 Å². The van der Waals surface area contributed by atoms with E-state index in [1.54, 1.807) is 11.8 Å². The average molecular weight is 432 g/mol. The predicted octanol–water partition coefficient (Wildman–Crippen LogP) is 6.74. The minimum atomic E-state index is 0.126. The minimum absolute atomic E-state index is 0.126. The summed E-state index contributed by atoms with van der Waals surface area (Å²) in [5, 5.41) is 4.27. The van der Waals surface area contributed by atoms with Crippen molar-refractivity contribution >= 4 is 24.0 Å². The molecule has 2 saturated carbocycles. The van der Waals surface area contributed by atoms with Gasteiger partial charge in [-0.25, -0.2) is 4.79 Å². The van der Waals surface area contributed by atoms with Gasteiger partial charge in [0.15, 0.2) is 0 Å². The topological polar surface area (TPSA) is 44.7 Å². The van der Waals surface area contributed by atoms with Gasteiger partial charge in [-0.05, 0) is 87.5 Å². The Balaban J connectivity index is 1.69. The molecule has 2 aliphatic carbocycles. The molecule has 0 aromatic heterocycles. The van der Waals surface area contributed by atoms with Crippen molar-refractivity contribution in [2.75, 3.05) is 7.05 Å². The Morgan fingerprint density at radius 3 is 2.27 bits per heavy atom. The number of rotatable bonds is 5. The molecule has 0 aromatic rings.